The highest BCUT2D eigenvalue weighted by molar-refractivity contribution is 5.49. The van der Waals surface area contributed by atoms with E-state index in [2.05, 4.69) is 23.9 Å². The van der Waals surface area contributed by atoms with Crippen LogP contribution in [0.4, 0.5) is 5.82 Å². The summed E-state index contributed by atoms with van der Waals surface area (Å²) in [5, 5.41) is 0. The van der Waals surface area contributed by atoms with Crippen molar-refractivity contribution in [2.75, 3.05) is 45.2 Å². The maximum Gasteiger partial charge on any atom is 0.135 e. The molecule has 0 saturated carbocycles. The van der Waals surface area contributed by atoms with Gasteiger partial charge in [-0.1, -0.05) is 0 Å². The Kier molecular flexibility index (Phi) is 5.49. The number of hydrogen-bond donors (Lipinski definition) is 0. The molecule has 1 aromatic heterocycles. The highest BCUT2D eigenvalue weighted by Gasteiger charge is 2.21. The molecule has 2 aliphatic rings. The fourth-order valence-electron chi connectivity index (χ4n) is 3.61. The molecule has 0 N–H and O–H groups in total. The minimum atomic E-state index is 0.430. The van der Waals surface area contributed by atoms with Crippen LogP contribution < -0.4 is 4.90 Å². The third kappa shape index (κ3) is 4.21. The molecule has 2 aliphatic heterocycles. The second kappa shape index (κ2) is 7.58. The Bertz CT molecular complexity index is 528. The van der Waals surface area contributed by atoms with E-state index in [-0.39, 0.29) is 0 Å². The molecule has 0 radical (unpaired) electrons. The lowest BCUT2D eigenvalue weighted by Crippen LogP contribution is -2.28. The van der Waals surface area contributed by atoms with Crippen molar-refractivity contribution in [3.8, 4) is 0 Å². The van der Waals surface area contributed by atoms with Gasteiger partial charge in [-0.25, -0.2) is 9.97 Å². The van der Waals surface area contributed by atoms with E-state index in [0.717, 1.165) is 57.1 Å². The zero-order chi connectivity index (χ0) is 16.2. The molecule has 0 spiro atoms. The van der Waals surface area contributed by atoms with Crippen molar-refractivity contribution >= 4 is 5.82 Å². The zero-order valence-corrected chi connectivity index (χ0v) is 14.8. The largest absolute Gasteiger partial charge is 0.378 e. The van der Waals surface area contributed by atoms with Gasteiger partial charge in [0.05, 0.1) is 11.8 Å². The Hall–Kier alpha value is -1.20. The normalized spacial score (nSPS) is 22.5. The molecular formula is C18H30N4O. The summed E-state index contributed by atoms with van der Waals surface area (Å²) in [6, 6.07) is 0. The second-order valence-electron chi connectivity index (χ2n) is 7.02. The van der Waals surface area contributed by atoms with Crippen molar-refractivity contribution in [3.05, 3.63) is 17.1 Å². The topological polar surface area (TPSA) is 41.5 Å². The summed E-state index contributed by atoms with van der Waals surface area (Å²) >= 11 is 0. The van der Waals surface area contributed by atoms with Gasteiger partial charge in [-0.2, -0.15) is 0 Å². The molecule has 5 nitrogen and oxygen atoms in total. The van der Waals surface area contributed by atoms with E-state index in [1.165, 1.54) is 30.5 Å². The van der Waals surface area contributed by atoms with Gasteiger partial charge in [-0.05, 0) is 46.1 Å². The molecule has 1 saturated heterocycles. The average Bonchev–Trinajstić information content (AvgIpc) is 2.75. The number of likely N-dealkylation sites (N-methyl/N-ethyl adjacent to an activating group) is 1. The number of rotatable bonds is 4. The molecule has 1 unspecified atom stereocenters. The first-order valence-corrected chi connectivity index (χ1v) is 9.01. The molecular weight excluding hydrogens is 288 g/mol. The van der Waals surface area contributed by atoms with Crippen LogP contribution in [0.3, 0.4) is 0 Å². The van der Waals surface area contributed by atoms with E-state index in [0.29, 0.717) is 6.10 Å². The number of hydrogen-bond acceptors (Lipinski definition) is 5. The second-order valence-corrected chi connectivity index (χ2v) is 7.02. The molecule has 3 rings (SSSR count). The molecule has 3 heterocycles. The van der Waals surface area contributed by atoms with Gasteiger partial charge in [0.2, 0.25) is 0 Å². The van der Waals surface area contributed by atoms with E-state index in [9.17, 15) is 0 Å². The fourth-order valence-corrected chi connectivity index (χ4v) is 3.61. The van der Waals surface area contributed by atoms with E-state index >= 15 is 0 Å². The maximum absolute atomic E-state index is 5.87. The van der Waals surface area contributed by atoms with Crippen LogP contribution >= 0.6 is 0 Å². The number of aromatic nitrogens is 2. The van der Waals surface area contributed by atoms with Crippen LogP contribution in [0.1, 0.15) is 42.8 Å². The van der Waals surface area contributed by atoms with Gasteiger partial charge in [0, 0.05) is 45.3 Å². The Morgan fingerprint density at radius 3 is 2.83 bits per heavy atom. The molecule has 23 heavy (non-hydrogen) atoms. The third-order valence-electron chi connectivity index (χ3n) is 5.08. The van der Waals surface area contributed by atoms with Gasteiger partial charge in [-0.15, -0.1) is 0 Å². The van der Waals surface area contributed by atoms with Gasteiger partial charge in [0.25, 0.3) is 0 Å². The number of nitrogens with zero attached hydrogens (tertiary/aromatic N) is 4. The number of aryl methyl sites for hydroxylation is 1. The summed E-state index contributed by atoms with van der Waals surface area (Å²) in [6.45, 7) is 6.12. The number of anilines is 1. The highest BCUT2D eigenvalue weighted by atomic mass is 16.5. The van der Waals surface area contributed by atoms with Gasteiger partial charge in [-0.3, -0.25) is 0 Å². The van der Waals surface area contributed by atoms with Crippen molar-refractivity contribution in [2.45, 2.75) is 51.6 Å². The molecule has 5 heteroatoms. The van der Waals surface area contributed by atoms with Crippen LogP contribution in [-0.2, 0) is 17.6 Å². The molecule has 0 aliphatic carbocycles. The van der Waals surface area contributed by atoms with E-state index in [4.69, 9.17) is 14.7 Å². The minimum absolute atomic E-state index is 0.430. The first kappa shape index (κ1) is 16.7. The van der Waals surface area contributed by atoms with Crippen LogP contribution in [-0.4, -0.2) is 61.3 Å². The molecule has 1 atom stereocenters. The number of fused-ring (bicyclic) bond motifs is 1. The fraction of sp³-hybridized carbons (Fsp3) is 0.778. The molecule has 1 fully saturated rings. The van der Waals surface area contributed by atoms with Crippen LogP contribution in [0.2, 0.25) is 0 Å². The zero-order valence-electron chi connectivity index (χ0n) is 14.8. The number of ether oxygens (including phenoxy) is 1. The Morgan fingerprint density at radius 2 is 2.04 bits per heavy atom. The highest BCUT2D eigenvalue weighted by Crippen LogP contribution is 2.25. The van der Waals surface area contributed by atoms with Crippen molar-refractivity contribution in [1.82, 2.24) is 14.9 Å². The standard InChI is InChI=1S/C18H30N4O/c1-14-19-17-9-11-21(2)10-8-16(17)18(20-14)22(3)12-7-15-6-4-5-13-23-15/h15H,4-13H2,1-3H3. The molecule has 0 amide bonds. The van der Waals surface area contributed by atoms with E-state index < -0.39 is 0 Å². The van der Waals surface area contributed by atoms with Gasteiger partial charge < -0.3 is 14.5 Å². The predicted molar refractivity (Wildman–Crippen MR) is 93.2 cm³/mol. The van der Waals surface area contributed by atoms with Crippen molar-refractivity contribution in [1.29, 1.82) is 0 Å². The molecule has 128 valence electrons. The maximum atomic E-state index is 5.87. The summed E-state index contributed by atoms with van der Waals surface area (Å²) in [5.41, 5.74) is 2.60. The van der Waals surface area contributed by atoms with Crippen molar-refractivity contribution < 1.29 is 4.74 Å². The van der Waals surface area contributed by atoms with E-state index in [1.54, 1.807) is 0 Å². The third-order valence-corrected chi connectivity index (χ3v) is 5.08. The lowest BCUT2D eigenvalue weighted by molar-refractivity contribution is 0.0126. The van der Waals surface area contributed by atoms with Gasteiger partial charge >= 0.3 is 0 Å². The Morgan fingerprint density at radius 1 is 1.22 bits per heavy atom. The molecule has 0 bridgehead atoms. The molecule has 0 aromatic carbocycles. The lowest BCUT2D eigenvalue weighted by atomic mass is 10.1. The smallest absolute Gasteiger partial charge is 0.135 e. The first-order chi connectivity index (χ1) is 11.1. The predicted octanol–water partition coefficient (Wildman–Crippen LogP) is 2.21. The van der Waals surface area contributed by atoms with E-state index in [1.807, 2.05) is 6.92 Å². The summed E-state index contributed by atoms with van der Waals surface area (Å²) in [5.74, 6) is 2.03. The molecule has 1 aromatic rings. The lowest BCUT2D eigenvalue weighted by Gasteiger charge is -2.27. The van der Waals surface area contributed by atoms with Crippen LogP contribution in [0.5, 0.6) is 0 Å². The van der Waals surface area contributed by atoms with Crippen molar-refractivity contribution in [3.63, 3.8) is 0 Å². The summed E-state index contributed by atoms with van der Waals surface area (Å²) in [6.07, 6.45) is 7.33. The Balaban J connectivity index is 1.71. The Labute approximate surface area is 140 Å². The minimum Gasteiger partial charge on any atom is -0.378 e. The summed E-state index contributed by atoms with van der Waals surface area (Å²) in [7, 11) is 4.36. The van der Waals surface area contributed by atoms with Crippen LogP contribution in [0.15, 0.2) is 0 Å². The average molecular weight is 318 g/mol. The first-order valence-electron chi connectivity index (χ1n) is 9.01. The van der Waals surface area contributed by atoms with Crippen LogP contribution in [0, 0.1) is 6.92 Å². The van der Waals surface area contributed by atoms with Gasteiger partial charge in [0.1, 0.15) is 11.6 Å². The summed E-state index contributed by atoms with van der Waals surface area (Å²) in [4.78, 5) is 14.2. The van der Waals surface area contributed by atoms with Gasteiger partial charge in [0.15, 0.2) is 0 Å². The van der Waals surface area contributed by atoms with Crippen LogP contribution in [0.25, 0.3) is 0 Å². The SMILES string of the molecule is Cc1nc2c(c(N(C)CCC3CCCCO3)n1)CCN(C)CC2. The monoisotopic (exact) mass is 318 g/mol. The quantitative estimate of drug-likeness (QED) is 0.851. The summed E-state index contributed by atoms with van der Waals surface area (Å²) < 4.78 is 5.87. The van der Waals surface area contributed by atoms with Crippen molar-refractivity contribution in [2.24, 2.45) is 0 Å².